The van der Waals surface area contributed by atoms with Gasteiger partial charge in [-0.05, 0) is 60.7 Å². The zero-order valence-corrected chi connectivity index (χ0v) is 34.8. The minimum Gasteiger partial charge on any atom is -0.324 e. The van der Waals surface area contributed by atoms with Gasteiger partial charge < -0.3 is 31.9 Å². The molecule has 0 unspecified atom stereocenters. The van der Waals surface area contributed by atoms with Crippen LogP contribution in [0.1, 0.15) is 11.1 Å². The number of anilines is 10. The van der Waals surface area contributed by atoms with E-state index in [1.54, 1.807) is 48.5 Å². The molecule has 8 aromatic rings. The van der Waals surface area contributed by atoms with Gasteiger partial charge in [-0.2, -0.15) is 46.7 Å². The third kappa shape index (κ3) is 10.8. The van der Waals surface area contributed by atoms with Gasteiger partial charge in [-0.1, -0.05) is 109 Å². The van der Waals surface area contributed by atoms with Gasteiger partial charge in [0.1, 0.15) is 9.79 Å². The number of para-hydroxylation sites is 4. The van der Waals surface area contributed by atoms with Crippen LogP contribution in [0.5, 0.6) is 0 Å². The summed E-state index contributed by atoms with van der Waals surface area (Å²) in [5, 5.41) is 18.7. The van der Waals surface area contributed by atoms with Crippen LogP contribution in [0.2, 0.25) is 0 Å². The molecule has 320 valence electrons. The van der Waals surface area contributed by atoms with Crippen molar-refractivity contribution < 1.29 is 25.9 Å². The van der Waals surface area contributed by atoms with Crippen molar-refractivity contribution in [2.75, 3.05) is 31.9 Å². The minimum atomic E-state index is -4.99. The van der Waals surface area contributed by atoms with Crippen LogP contribution in [0.4, 0.5) is 58.4 Å². The number of hydrogen-bond acceptors (Lipinski definition) is 16. The van der Waals surface area contributed by atoms with E-state index in [2.05, 4.69) is 61.8 Å². The summed E-state index contributed by atoms with van der Waals surface area (Å²) in [6, 6.07) is 47.0. The molecule has 0 aliphatic rings. The Kier molecular flexibility index (Phi) is 12.4. The molecule has 0 amide bonds. The molecular weight excluding hydrogens is 857 g/mol. The van der Waals surface area contributed by atoms with E-state index in [0.717, 1.165) is 12.1 Å². The lowest BCUT2D eigenvalue weighted by Crippen LogP contribution is -2.17. The second kappa shape index (κ2) is 18.8. The van der Waals surface area contributed by atoms with Crippen molar-refractivity contribution in [1.82, 2.24) is 29.9 Å². The molecular formula is C44H36N12O6S2. The maximum absolute atomic E-state index is 13.1. The van der Waals surface area contributed by atoms with Crippen molar-refractivity contribution in [3.8, 4) is 0 Å². The Hall–Kier alpha value is -8.30. The van der Waals surface area contributed by atoms with Crippen LogP contribution in [0.15, 0.2) is 180 Å². The Morgan fingerprint density at radius 1 is 0.328 bits per heavy atom. The van der Waals surface area contributed by atoms with Crippen molar-refractivity contribution in [3.05, 3.63) is 181 Å². The van der Waals surface area contributed by atoms with E-state index in [0.29, 0.717) is 22.7 Å². The quantitative estimate of drug-likeness (QED) is 0.0334. The van der Waals surface area contributed by atoms with Crippen molar-refractivity contribution in [1.29, 1.82) is 0 Å². The van der Waals surface area contributed by atoms with Crippen LogP contribution in [-0.2, 0) is 20.2 Å². The first-order chi connectivity index (χ1) is 30.9. The third-order valence-corrected chi connectivity index (χ3v) is 10.8. The van der Waals surface area contributed by atoms with Crippen molar-refractivity contribution >= 4 is 90.1 Å². The molecule has 0 aliphatic carbocycles. The van der Waals surface area contributed by atoms with Gasteiger partial charge in [0, 0.05) is 33.9 Å². The smallest absolute Gasteiger partial charge is 0.295 e. The van der Waals surface area contributed by atoms with Gasteiger partial charge in [0.05, 0.1) is 11.4 Å². The maximum Gasteiger partial charge on any atom is 0.295 e. The van der Waals surface area contributed by atoms with Crippen molar-refractivity contribution in [2.45, 2.75) is 9.79 Å². The monoisotopic (exact) mass is 892 g/mol. The highest BCUT2D eigenvalue weighted by Gasteiger charge is 2.27. The summed E-state index contributed by atoms with van der Waals surface area (Å²) in [5.74, 6) is -0.203. The average Bonchev–Trinajstić information content (AvgIpc) is 3.28. The first-order valence-corrected chi connectivity index (χ1v) is 22.1. The fraction of sp³-hybridized carbons (Fsp3) is 0. The predicted octanol–water partition coefficient (Wildman–Crippen LogP) is 8.57. The largest absolute Gasteiger partial charge is 0.324 e. The van der Waals surface area contributed by atoms with E-state index in [4.69, 9.17) is 0 Å². The highest BCUT2D eigenvalue weighted by molar-refractivity contribution is 7.86. The lowest BCUT2D eigenvalue weighted by molar-refractivity contribution is 0.480. The van der Waals surface area contributed by atoms with Gasteiger partial charge in [-0.25, -0.2) is 0 Å². The molecule has 0 radical (unpaired) electrons. The Morgan fingerprint density at radius 3 is 0.828 bits per heavy atom. The minimum absolute atomic E-state index is 0.0446. The summed E-state index contributed by atoms with van der Waals surface area (Å²) in [6.45, 7) is 0. The van der Waals surface area contributed by atoms with Gasteiger partial charge in [-0.3, -0.25) is 9.11 Å². The highest BCUT2D eigenvalue weighted by atomic mass is 32.2. The van der Waals surface area contributed by atoms with E-state index < -0.39 is 30.0 Å². The molecule has 0 saturated heterocycles. The molecule has 0 fully saturated rings. The second-order valence-corrected chi connectivity index (χ2v) is 16.3. The number of aromatic nitrogens is 6. The Labute approximate surface area is 367 Å². The zero-order valence-electron chi connectivity index (χ0n) is 33.2. The van der Waals surface area contributed by atoms with Crippen molar-refractivity contribution in [2.24, 2.45) is 0 Å². The molecule has 20 heteroatoms. The van der Waals surface area contributed by atoms with Crippen LogP contribution in [0.25, 0.3) is 11.4 Å². The average molecular weight is 893 g/mol. The molecule has 2 heterocycles. The van der Waals surface area contributed by atoms with Crippen LogP contribution >= 0.6 is 0 Å². The Bertz CT molecular complexity index is 2840. The molecule has 8 rings (SSSR count). The van der Waals surface area contributed by atoms with Crippen LogP contribution in [-0.4, -0.2) is 55.8 Å². The second-order valence-electron chi connectivity index (χ2n) is 13.5. The first kappa shape index (κ1) is 42.4. The Morgan fingerprint density at radius 2 is 0.562 bits per heavy atom. The summed E-state index contributed by atoms with van der Waals surface area (Å²) < 4.78 is 73.8. The number of nitrogens with zero attached hydrogens (tertiary/aromatic N) is 6. The molecule has 18 nitrogen and oxygen atoms in total. The predicted molar refractivity (Wildman–Crippen MR) is 245 cm³/mol. The normalized spacial score (nSPS) is 11.8. The van der Waals surface area contributed by atoms with Crippen LogP contribution in [0.3, 0.4) is 0 Å². The summed E-state index contributed by atoms with van der Waals surface area (Å²) in [4.78, 5) is 26.4. The molecule has 0 saturated carbocycles. The number of rotatable bonds is 16. The van der Waals surface area contributed by atoms with Gasteiger partial charge in [-0.15, -0.1) is 0 Å². The van der Waals surface area contributed by atoms with E-state index in [-0.39, 0.29) is 58.2 Å². The molecule has 0 spiro atoms. The van der Waals surface area contributed by atoms with E-state index in [1.807, 2.05) is 72.8 Å². The van der Waals surface area contributed by atoms with E-state index in [1.165, 1.54) is 36.4 Å². The molecule has 0 bridgehead atoms. The van der Waals surface area contributed by atoms with Crippen LogP contribution in [0, 0.1) is 0 Å². The standard InChI is InChI=1S/C44H36N12O6S2/c57-63(58,59)35-27-15-13-25-33(35)37(49-43-53-39(45-29-17-5-1-6-18-29)51-40(54-43)46-30-19-7-2-8-20-30)38(34-26-14-16-28-36(34)64(60,61)62)50-44-55-41(47-31-21-9-3-10-22-31)52-42(56-44)48-32-23-11-4-12-24-32/h1-28H,(H,57,58,59)(H,60,61,62)(H3,45,46,49,51,53,54)(H3,47,48,50,52,55,56). The fourth-order valence-electron chi connectivity index (χ4n) is 6.24. The third-order valence-electron chi connectivity index (χ3n) is 8.98. The first-order valence-electron chi connectivity index (χ1n) is 19.2. The lowest BCUT2D eigenvalue weighted by Gasteiger charge is -2.22. The van der Waals surface area contributed by atoms with Crippen LogP contribution < -0.4 is 31.9 Å². The molecule has 8 N–H and O–H groups in total. The van der Waals surface area contributed by atoms with Crippen molar-refractivity contribution in [3.63, 3.8) is 0 Å². The molecule has 6 aromatic carbocycles. The molecule has 64 heavy (non-hydrogen) atoms. The van der Waals surface area contributed by atoms with Gasteiger partial charge in [0.15, 0.2) is 0 Å². The fourth-order valence-corrected chi connectivity index (χ4v) is 7.64. The topological polar surface area (TPSA) is 258 Å². The number of hydrogen-bond donors (Lipinski definition) is 8. The maximum atomic E-state index is 13.1. The molecule has 0 aliphatic heterocycles. The van der Waals surface area contributed by atoms with Gasteiger partial charge in [0.2, 0.25) is 35.7 Å². The number of nitrogens with one attached hydrogen (secondary N) is 6. The highest BCUT2D eigenvalue weighted by Crippen LogP contribution is 2.35. The summed E-state index contributed by atoms with van der Waals surface area (Å²) in [5.41, 5.74) is 1.67. The SMILES string of the molecule is O=S(=O)(O)c1ccccc1C(Nc1nc(Nc2ccccc2)nc(Nc2ccccc2)n1)=C(Nc1nc(Nc2ccccc2)nc(Nc2ccccc2)n1)c1ccccc1S(=O)(=O)O. The summed E-state index contributed by atoms with van der Waals surface area (Å²) >= 11 is 0. The van der Waals surface area contributed by atoms with Gasteiger partial charge >= 0.3 is 0 Å². The summed E-state index contributed by atoms with van der Waals surface area (Å²) in [6.07, 6.45) is 0. The van der Waals surface area contributed by atoms with E-state index >= 15 is 0 Å². The Balaban J connectivity index is 1.38. The molecule has 2 aromatic heterocycles. The summed E-state index contributed by atoms with van der Waals surface area (Å²) in [7, 11) is -9.97. The zero-order chi connectivity index (χ0) is 44.5. The molecule has 0 atom stereocenters. The number of benzene rings is 6. The van der Waals surface area contributed by atoms with Gasteiger partial charge in [0.25, 0.3) is 20.2 Å². The lowest BCUT2D eigenvalue weighted by atomic mass is 10.0. The van der Waals surface area contributed by atoms with E-state index in [9.17, 15) is 25.9 Å².